The summed E-state index contributed by atoms with van der Waals surface area (Å²) in [6.45, 7) is 1.55. The SMILES string of the molecule is CC(=O)C=C1C=CC=CC=C1. The highest BCUT2D eigenvalue weighted by molar-refractivity contribution is 5.89. The minimum absolute atomic E-state index is 0.0798. The molecule has 0 radical (unpaired) electrons. The Morgan fingerprint density at radius 1 is 1.18 bits per heavy atom. The molecule has 56 valence electrons. The number of hydrogen-bond acceptors (Lipinski definition) is 1. The van der Waals surface area contributed by atoms with Crippen LogP contribution in [0.15, 0.2) is 48.1 Å². The minimum Gasteiger partial charge on any atom is -0.295 e. The van der Waals surface area contributed by atoms with Gasteiger partial charge in [-0.05, 0) is 18.6 Å². The van der Waals surface area contributed by atoms with E-state index in [0.29, 0.717) is 0 Å². The van der Waals surface area contributed by atoms with Gasteiger partial charge in [-0.2, -0.15) is 0 Å². The molecule has 0 atom stereocenters. The van der Waals surface area contributed by atoms with Crippen molar-refractivity contribution in [1.82, 2.24) is 0 Å². The van der Waals surface area contributed by atoms with Gasteiger partial charge in [0.25, 0.3) is 0 Å². The molecule has 0 aromatic rings. The molecule has 1 aliphatic carbocycles. The van der Waals surface area contributed by atoms with E-state index < -0.39 is 0 Å². The Bertz CT molecular complexity index is 247. The Balaban J connectivity index is 2.82. The number of rotatable bonds is 1. The van der Waals surface area contributed by atoms with Gasteiger partial charge in [-0.3, -0.25) is 4.79 Å². The van der Waals surface area contributed by atoms with Crippen molar-refractivity contribution in [1.29, 1.82) is 0 Å². The quantitative estimate of drug-likeness (QED) is 0.518. The van der Waals surface area contributed by atoms with Crippen LogP contribution in [-0.2, 0) is 4.79 Å². The molecule has 0 unspecified atom stereocenters. The van der Waals surface area contributed by atoms with E-state index in [-0.39, 0.29) is 5.78 Å². The summed E-state index contributed by atoms with van der Waals surface area (Å²) >= 11 is 0. The number of hydrogen-bond donors (Lipinski definition) is 0. The number of ketones is 1. The van der Waals surface area contributed by atoms with Crippen LogP contribution in [0.3, 0.4) is 0 Å². The van der Waals surface area contributed by atoms with Crippen LogP contribution in [0, 0.1) is 0 Å². The van der Waals surface area contributed by atoms with Gasteiger partial charge in [-0.1, -0.05) is 36.5 Å². The fourth-order valence-electron chi connectivity index (χ4n) is 0.848. The Morgan fingerprint density at radius 3 is 2.18 bits per heavy atom. The zero-order valence-electron chi connectivity index (χ0n) is 6.45. The second-order valence-corrected chi connectivity index (χ2v) is 2.36. The third-order valence-corrected chi connectivity index (χ3v) is 1.28. The van der Waals surface area contributed by atoms with Gasteiger partial charge in [0.05, 0.1) is 0 Å². The molecule has 1 heteroatoms. The molecular weight excluding hydrogens is 136 g/mol. The van der Waals surface area contributed by atoms with Gasteiger partial charge >= 0.3 is 0 Å². The van der Waals surface area contributed by atoms with Crippen LogP contribution in [0.2, 0.25) is 0 Å². The van der Waals surface area contributed by atoms with E-state index in [2.05, 4.69) is 0 Å². The van der Waals surface area contributed by atoms with E-state index >= 15 is 0 Å². The molecule has 11 heavy (non-hydrogen) atoms. The first-order chi connectivity index (χ1) is 5.29. The smallest absolute Gasteiger partial charge is 0.153 e. The normalized spacial score (nSPS) is 14.8. The van der Waals surface area contributed by atoms with Crippen LogP contribution >= 0.6 is 0 Å². The fraction of sp³-hybridized carbons (Fsp3) is 0.100. The van der Waals surface area contributed by atoms with Crippen LogP contribution in [-0.4, -0.2) is 5.78 Å². The van der Waals surface area contributed by atoms with E-state index in [4.69, 9.17) is 0 Å². The molecule has 0 aliphatic heterocycles. The molecule has 0 bridgehead atoms. The van der Waals surface area contributed by atoms with Crippen LogP contribution in [0.5, 0.6) is 0 Å². The lowest BCUT2D eigenvalue weighted by Gasteiger charge is -1.87. The molecule has 0 heterocycles. The average molecular weight is 146 g/mol. The highest BCUT2D eigenvalue weighted by Gasteiger charge is 1.89. The molecule has 0 spiro atoms. The maximum Gasteiger partial charge on any atom is 0.153 e. The van der Waals surface area contributed by atoms with Gasteiger partial charge in [-0.25, -0.2) is 0 Å². The molecule has 1 rings (SSSR count). The summed E-state index contributed by atoms with van der Waals surface area (Å²) in [4.78, 5) is 10.7. The van der Waals surface area contributed by atoms with E-state index in [1.807, 2.05) is 36.5 Å². The van der Waals surface area contributed by atoms with Crippen molar-refractivity contribution < 1.29 is 4.79 Å². The molecule has 0 N–H and O–H groups in total. The van der Waals surface area contributed by atoms with E-state index in [0.717, 1.165) is 5.57 Å². The zero-order chi connectivity index (χ0) is 8.10. The van der Waals surface area contributed by atoms with Gasteiger partial charge in [-0.15, -0.1) is 0 Å². The predicted octanol–water partition coefficient (Wildman–Crippen LogP) is 2.18. The summed E-state index contributed by atoms with van der Waals surface area (Å²) in [6, 6.07) is 0. The third kappa shape index (κ3) is 2.80. The first-order valence-corrected chi connectivity index (χ1v) is 3.53. The fourth-order valence-corrected chi connectivity index (χ4v) is 0.848. The predicted molar refractivity (Wildman–Crippen MR) is 46.2 cm³/mol. The molecule has 0 fully saturated rings. The summed E-state index contributed by atoms with van der Waals surface area (Å²) in [5.74, 6) is 0.0798. The molecule has 1 aliphatic rings. The van der Waals surface area contributed by atoms with E-state index in [1.165, 1.54) is 0 Å². The largest absolute Gasteiger partial charge is 0.295 e. The highest BCUT2D eigenvalue weighted by atomic mass is 16.1. The van der Waals surface area contributed by atoms with Crippen molar-refractivity contribution in [3.8, 4) is 0 Å². The Labute approximate surface area is 66.4 Å². The molecule has 0 saturated carbocycles. The number of allylic oxidation sites excluding steroid dienone is 8. The van der Waals surface area contributed by atoms with E-state index in [9.17, 15) is 4.79 Å². The second-order valence-electron chi connectivity index (χ2n) is 2.36. The lowest BCUT2D eigenvalue weighted by Crippen LogP contribution is -1.83. The zero-order valence-corrected chi connectivity index (χ0v) is 6.45. The number of carbonyl (C=O) groups excluding carboxylic acids is 1. The Hall–Kier alpha value is -1.37. The monoisotopic (exact) mass is 146 g/mol. The van der Waals surface area contributed by atoms with E-state index in [1.54, 1.807) is 13.0 Å². The lowest BCUT2D eigenvalue weighted by atomic mass is 10.2. The van der Waals surface area contributed by atoms with Crippen molar-refractivity contribution in [2.24, 2.45) is 0 Å². The Kier molecular flexibility index (Phi) is 2.61. The molecule has 0 amide bonds. The molecule has 0 saturated heterocycles. The summed E-state index contributed by atoms with van der Waals surface area (Å²) in [5, 5.41) is 0. The topological polar surface area (TPSA) is 17.1 Å². The van der Waals surface area contributed by atoms with Crippen molar-refractivity contribution in [3.63, 3.8) is 0 Å². The second kappa shape index (κ2) is 3.71. The Morgan fingerprint density at radius 2 is 1.73 bits per heavy atom. The van der Waals surface area contributed by atoms with Crippen LogP contribution < -0.4 is 0 Å². The third-order valence-electron chi connectivity index (χ3n) is 1.28. The average Bonchev–Trinajstić information content (AvgIpc) is 2.14. The summed E-state index contributed by atoms with van der Waals surface area (Å²) in [6.07, 6.45) is 13.1. The van der Waals surface area contributed by atoms with Gasteiger partial charge in [0.2, 0.25) is 0 Å². The lowest BCUT2D eigenvalue weighted by molar-refractivity contribution is -0.112. The van der Waals surface area contributed by atoms with Crippen molar-refractivity contribution >= 4 is 5.78 Å². The van der Waals surface area contributed by atoms with Gasteiger partial charge in [0.15, 0.2) is 5.78 Å². The molecule has 0 aromatic carbocycles. The molecular formula is C10H10O. The van der Waals surface area contributed by atoms with Gasteiger partial charge in [0.1, 0.15) is 0 Å². The van der Waals surface area contributed by atoms with Crippen molar-refractivity contribution in [2.75, 3.05) is 0 Å². The first kappa shape index (κ1) is 7.73. The van der Waals surface area contributed by atoms with Gasteiger partial charge < -0.3 is 0 Å². The number of carbonyl (C=O) groups is 1. The minimum atomic E-state index is 0.0798. The van der Waals surface area contributed by atoms with Crippen LogP contribution in [0.1, 0.15) is 6.92 Å². The van der Waals surface area contributed by atoms with Crippen molar-refractivity contribution in [2.45, 2.75) is 6.92 Å². The van der Waals surface area contributed by atoms with Crippen LogP contribution in [0.25, 0.3) is 0 Å². The molecule has 1 nitrogen and oxygen atoms in total. The van der Waals surface area contributed by atoms with Crippen molar-refractivity contribution in [3.05, 3.63) is 48.1 Å². The summed E-state index contributed by atoms with van der Waals surface area (Å²) in [5.41, 5.74) is 0.947. The highest BCUT2D eigenvalue weighted by Crippen LogP contribution is 2.03. The van der Waals surface area contributed by atoms with Gasteiger partial charge in [0, 0.05) is 0 Å². The maximum absolute atomic E-state index is 10.7. The van der Waals surface area contributed by atoms with Crippen LogP contribution in [0.4, 0.5) is 0 Å². The standard InChI is InChI=1S/C10H10O/c1-9(11)8-10-6-4-2-3-5-7-10/h2-8H,1H3. The summed E-state index contributed by atoms with van der Waals surface area (Å²) < 4.78 is 0. The first-order valence-electron chi connectivity index (χ1n) is 3.53. The maximum atomic E-state index is 10.7. The molecule has 0 aromatic heterocycles. The summed E-state index contributed by atoms with van der Waals surface area (Å²) in [7, 11) is 0.